The first-order valence-electron chi connectivity index (χ1n) is 6.46. The number of rotatable bonds is 4. The Kier molecular flexibility index (Phi) is 4.01. The third-order valence-electron chi connectivity index (χ3n) is 4.17. The fraction of sp³-hybridized carbons (Fsp3) is 0.917. The van der Waals surface area contributed by atoms with Gasteiger partial charge in [-0.1, -0.05) is 0 Å². The van der Waals surface area contributed by atoms with Gasteiger partial charge in [-0.05, 0) is 19.3 Å². The van der Waals surface area contributed by atoms with E-state index in [1.54, 1.807) is 0 Å². The first kappa shape index (κ1) is 12.8. The van der Waals surface area contributed by atoms with Crippen LogP contribution in [0.3, 0.4) is 0 Å². The van der Waals surface area contributed by atoms with Crippen LogP contribution in [-0.4, -0.2) is 55.7 Å². The Morgan fingerprint density at radius 2 is 2.35 bits per heavy atom. The smallest absolute Gasteiger partial charge is 0.224 e. The zero-order valence-corrected chi connectivity index (χ0v) is 10.6. The molecule has 0 aromatic carbocycles. The molecule has 98 valence electrons. The summed E-state index contributed by atoms with van der Waals surface area (Å²) in [6, 6.07) is 0.161. The van der Waals surface area contributed by atoms with Crippen molar-refractivity contribution >= 4 is 5.91 Å². The Labute approximate surface area is 103 Å². The molecule has 2 rings (SSSR count). The minimum Gasteiger partial charge on any atom is -0.378 e. The molecule has 0 radical (unpaired) electrons. The number of nitrogens with one attached hydrogen (secondary N) is 1. The number of hydrogen-bond acceptors (Lipinski definition) is 4. The zero-order valence-electron chi connectivity index (χ0n) is 10.6. The number of amides is 1. The summed E-state index contributed by atoms with van der Waals surface area (Å²) in [7, 11) is 1.89. The van der Waals surface area contributed by atoms with Gasteiger partial charge < -0.3 is 20.7 Å². The third kappa shape index (κ3) is 2.61. The van der Waals surface area contributed by atoms with Gasteiger partial charge >= 0.3 is 0 Å². The molecule has 5 heteroatoms. The van der Waals surface area contributed by atoms with E-state index in [9.17, 15) is 4.79 Å². The molecule has 1 unspecified atom stereocenters. The summed E-state index contributed by atoms with van der Waals surface area (Å²) in [5.41, 5.74) is 5.74. The van der Waals surface area contributed by atoms with Crippen molar-refractivity contribution in [2.75, 3.05) is 33.4 Å². The summed E-state index contributed by atoms with van der Waals surface area (Å²) >= 11 is 0. The molecule has 2 fully saturated rings. The molecule has 1 aliphatic carbocycles. The van der Waals surface area contributed by atoms with Crippen LogP contribution in [0.5, 0.6) is 0 Å². The molecule has 17 heavy (non-hydrogen) atoms. The second-order valence-corrected chi connectivity index (χ2v) is 5.16. The molecule has 0 bridgehead atoms. The maximum absolute atomic E-state index is 12.2. The molecule has 0 aromatic heterocycles. The van der Waals surface area contributed by atoms with Gasteiger partial charge in [0.15, 0.2) is 0 Å². The lowest BCUT2D eigenvalue weighted by molar-refractivity contribution is -0.140. The van der Waals surface area contributed by atoms with E-state index < -0.39 is 0 Å². The Hall–Kier alpha value is -0.650. The summed E-state index contributed by atoms with van der Waals surface area (Å²) in [5.74, 6) is 0.179. The third-order valence-corrected chi connectivity index (χ3v) is 4.17. The number of nitrogens with two attached hydrogens (primary N) is 1. The molecule has 5 nitrogen and oxygen atoms in total. The lowest BCUT2D eigenvalue weighted by atomic mass is 9.75. The van der Waals surface area contributed by atoms with Crippen molar-refractivity contribution in [3.8, 4) is 0 Å². The number of morpholine rings is 1. The first-order chi connectivity index (χ1) is 8.18. The lowest BCUT2D eigenvalue weighted by Gasteiger charge is -2.48. The van der Waals surface area contributed by atoms with E-state index in [1.807, 2.05) is 11.9 Å². The fourth-order valence-corrected chi connectivity index (χ4v) is 2.62. The Morgan fingerprint density at radius 1 is 1.59 bits per heavy atom. The van der Waals surface area contributed by atoms with Gasteiger partial charge in [-0.2, -0.15) is 0 Å². The van der Waals surface area contributed by atoms with Gasteiger partial charge in [0.2, 0.25) is 5.91 Å². The monoisotopic (exact) mass is 241 g/mol. The van der Waals surface area contributed by atoms with Crippen LogP contribution in [0.4, 0.5) is 0 Å². The van der Waals surface area contributed by atoms with E-state index >= 15 is 0 Å². The number of carbonyl (C=O) groups is 1. The van der Waals surface area contributed by atoms with Gasteiger partial charge in [0.25, 0.3) is 0 Å². The summed E-state index contributed by atoms with van der Waals surface area (Å²) in [6.07, 6.45) is 3.78. The number of ether oxygens (including phenoxy) is 1. The molecule has 1 atom stereocenters. The van der Waals surface area contributed by atoms with E-state index in [0.29, 0.717) is 19.6 Å². The normalized spacial score (nSPS) is 27.3. The van der Waals surface area contributed by atoms with Crippen LogP contribution in [0.25, 0.3) is 0 Å². The van der Waals surface area contributed by atoms with Gasteiger partial charge in [-0.25, -0.2) is 0 Å². The second kappa shape index (κ2) is 5.33. The highest BCUT2D eigenvalue weighted by atomic mass is 16.5. The number of nitrogens with zero attached hydrogens (tertiary/aromatic N) is 1. The predicted molar refractivity (Wildman–Crippen MR) is 65.6 cm³/mol. The maximum atomic E-state index is 12.2. The van der Waals surface area contributed by atoms with Crippen molar-refractivity contribution in [3.63, 3.8) is 0 Å². The highest BCUT2D eigenvalue weighted by Crippen LogP contribution is 2.36. The molecule has 1 heterocycles. The van der Waals surface area contributed by atoms with Crippen LogP contribution in [0.1, 0.15) is 25.7 Å². The van der Waals surface area contributed by atoms with Gasteiger partial charge in [0.1, 0.15) is 0 Å². The largest absolute Gasteiger partial charge is 0.378 e. The van der Waals surface area contributed by atoms with Gasteiger partial charge in [0, 0.05) is 32.6 Å². The predicted octanol–water partition coefficient (Wildman–Crippen LogP) is -0.295. The van der Waals surface area contributed by atoms with Crippen molar-refractivity contribution in [2.24, 2.45) is 5.73 Å². The number of carbonyl (C=O) groups excluding carboxylic acids is 1. The topological polar surface area (TPSA) is 67.6 Å². The maximum Gasteiger partial charge on any atom is 0.224 e. The standard InChI is InChI=1S/C12H23N3O2/c1-15(12(9-13)3-2-4-12)11(16)7-10-8-17-6-5-14-10/h10,14H,2-9,13H2,1H3. The molecule has 0 aromatic rings. The Balaban J connectivity index is 1.86. The number of likely N-dealkylation sites (N-methyl/N-ethyl adjacent to an activating group) is 1. The van der Waals surface area contributed by atoms with Crippen molar-refractivity contribution in [3.05, 3.63) is 0 Å². The minimum atomic E-state index is -0.0629. The highest BCUT2D eigenvalue weighted by molar-refractivity contribution is 5.77. The molecule has 2 aliphatic rings. The van der Waals surface area contributed by atoms with Gasteiger partial charge in [0.05, 0.1) is 18.8 Å². The van der Waals surface area contributed by atoms with Crippen molar-refractivity contribution in [1.29, 1.82) is 0 Å². The summed E-state index contributed by atoms with van der Waals surface area (Å²) in [5, 5.41) is 3.31. The SMILES string of the molecule is CN(C(=O)CC1COCCN1)C1(CN)CCC1. The first-order valence-corrected chi connectivity index (χ1v) is 6.46. The van der Waals surface area contributed by atoms with E-state index in [0.717, 1.165) is 26.0 Å². The summed E-state index contributed by atoms with van der Waals surface area (Å²) < 4.78 is 5.36. The van der Waals surface area contributed by atoms with Crippen LogP contribution in [0, 0.1) is 0 Å². The Bertz CT molecular complexity index is 267. The summed E-state index contributed by atoms with van der Waals surface area (Å²) in [4.78, 5) is 14.1. The number of hydrogen-bond donors (Lipinski definition) is 2. The van der Waals surface area contributed by atoms with Gasteiger partial charge in [-0.15, -0.1) is 0 Å². The van der Waals surface area contributed by atoms with Crippen LogP contribution >= 0.6 is 0 Å². The van der Waals surface area contributed by atoms with Crippen molar-refractivity contribution in [2.45, 2.75) is 37.3 Å². The minimum absolute atomic E-state index is 0.0629. The average molecular weight is 241 g/mol. The van der Waals surface area contributed by atoms with E-state index in [4.69, 9.17) is 10.5 Å². The quantitative estimate of drug-likeness (QED) is 0.709. The molecule has 1 aliphatic heterocycles. The van der Waals surface area contributed by atoms with Crippen LogP contribution in [0.2, 0.25) is 0 Å². The van der Waals surface area contributed by atoms with E-state index in [1.165, 1.54) is 6.42 Å². The van der Waals surface area contributed by atoms with Gasteiger partial charge in [-0.3, -0.25) is 4.79 Å². The molecule has 0 spiro atoms. The molecular weight excluding hydrogens is 218 g/mol. The molecule has 1 amide bonds. The zero-order chi connectivity index (χ0) is 12.3. The lowest BCUT2D eigenvalue weighted by Crippen LogP contribution is -2.59. The second-order valence-electron chi connectivity index (χ2n) is 5.16. The molecule has 1 saturated heterocycles. The molecule has 1 saturated carbocycles. The summed E-state index contributed by atoms with van der Waals surface area (Å²) in [6.45, 7) is 2.79. The van der Waals surface area contributed by atoms with Crippen LogP contribution in [-0.2, 0) is 9.53 Å². The molecular formula is C12H23N3O2. The molecule has 3 N–H and O–H groups in total. The van der Waals surface area contributed by atoms with E-state index in [-0.39, 0.29) is 17.5 Å². The van der Waals surface area contributed by atoms with E-state index in [2.05, 4.69) is 5.32 Å². The van der Waals surface area contributed by atoms with Crippen molar-refractivity contribution < 1.29 is 9.53 Å². The Morgan fingerprint density at radius 3 is 2.82 bits per heavy atom. The van der Waals surface area contributed by atoms with Crippen LogP contribution < -0.4 is 11.1 Å². The fourth-order valence-electron chi connectivity index (χ4n) is 2.62. The average Bonchev–Trinajstić information content (AvgIpc) is 2.29. The van der Waals surface area contributed by atoms with Crippen LogP contribution in [0.15, 0.2) is 0 Å². The highest BCUT2D eigenvalue weighted by Gasteiger charge is 2.41. The van der Waals surface area contributed by atoms with Crippen molar-refractivity contribution in [1.82, 2.24) is 10.2 Å².